The van der Waals surface area contributed by atoms with Crippen molar-refractivity contribution in [1.82, 2.24) is 15.2 Å². The molecule has 0 spiro atoms. The van der Waals surface area contributed by atoms with E-state index in [2.05, 4.69) is 26.1 Å². The third-order valence-electron chi connectivity index (χ3n) is 5.31. The van der Waals surface area contributed by atoms with E-state index in [4.69, 9.17) is 4.84 Å². The second-order valence-electron chi connectivity index (χ2n) is 7.55. The van der Waals surface area contributed by atoms with Crippen molar-refractivity contribution < 1.29 is 38.5 Å². The number of carbonyl (C=O) groups excluding carboxylic acids is 5. The number of pyridine rings is 1. The minimum Gasteiger partial charge on any atom is -0.543 e. The third-order valence-corrected chi connectivity index (χ3v) is 7.42. The predicted octanol–water partition coefficient (Wildman–Crippen LogP) is -1.98. The minimum absolute atomic E-state index is 0.120. The normalized spacial score (nSPS) is 18.9. The molecular weight excluding hydrogens is 526 g/mol. The lowest BCUT2D eigenvalue weighted by Crippen LogP contribution is -2.71. The van der Waals surface area contributed by atoms with E-state index in [1.807, 2.05) is 0 Å². The Balaban J connectivity index is 1.52. The number of amides is 4. The van der Waals surface area contributed by atoms with Crippen LogP contribution < -0.4 is 25.6 Å². The number of aliphatic carboxylic acids is 1. The van der Waals surface area contributed by atoms with Crippen molar-refractivity contribution in [2.45, 2.75) is 18.0 Å². The van der Waals surface area contributed by atoms with Crippen LogP contribution in [0.1, 0.15) is 5.69 Å². The summed E-state index contributed by atoms with van der Waals surface area (Å²) in [5.41, 5.74) is 0.595. The van der Waals surface area contributed by atoms with Crippen molar-refractivity contribution in [2.75, 3.05) is 23.5 Å². The minimum atomic E-state index is -1.51. The molecule has 2 atom stereocenters. The number of hydrogen-bond donors (Lipinski definition) is 3. The molecule has 0 aliphatic carbocycles. The molecule has 2 aromatic heterocycles. The molecule has 0 bridgehead atoms. The fourth-order valence-electron chi connectivity index (χ4n) is 3.79. The Kier molecular flexibility index (Phi) is 7.78. The first-order valence-electron chi connectivity index (χ1n) is 10.5. The summed E-state index contributed by atoms with van der Waals surface area (Å²) in [4.78, 5) is 69.2. The SMILES string of the molecule is CON=C(C(=O)NC1C(=O)N2C(C(=O)[O-])=C(C[n+]3cccc(NC=O)c3)CS[C@H]12)c1csc(NC=O)n1. The Hall–Kier alpha value is -4.31. The van der Waals surface area contributed by atoms with Crippen LogP contribution in [0.4, 0.5) is 10.8 Å². The number of aromatic nitrogens is 2. The molecule has 1 saturated heterocycles. The van der Waals surface area contributed by atoms with Crippen molar-refractivity contribution >= 4 is 70.2 Å². The highest BCUT2D eigenvalue weighted by Gasteiger charge is 2.53. The van der Waals surface area contributed by atoms with Gasteiger partial charge in [-0.05, 0) is 6.07 Å². The van der Waals surface area contributed by atoms with Gasteiger partial charge >= 0.3 is 0 Å². The average molecular weight is 546 g/mol. The summed E-state index contributed by atoms with van der Waals surface area (Å²) in [5.74, 6) is -2.64. The highest BCUT2D eigenvalue weighted by Crippen LogP contribution is 2.40. The molecule has 4 amide bonds. The highest BCUT2D eigenvalue weighted by molar-refractivity contribution is 8.00. The fourth-order valence-corrected chi connectivity index (χ4v) is 5.78. The summed E-state index contributed by atoms with van der Waals surface area (Å²) in [6.07, 6.45) is 4.28. The molecule has 1 fully saturated rings. The molecule has 16 heteroatoms. The first kappa shape index (κ1) is 25.8. The van der Waals surface area contributed by atoms with Crippen LogP contribution in [0.5, 0.6) is 0 Å². The smallest absolute Gasteiger partial charge is 0.276 e. The maximum atomic E-state index is 13.0. The number of hydrogen-bond acceptors (Lipinski definition) is 11. The summed E-state index contributed by atoms with van der Waals surface area (Å²) < 4.78 is 1.67. The van der Waals surface area contributed by atoms with Crippen LogP contribution in [0.15, 0.2) is 46.3 Å². The summed E-state index contributed by atoms with van der Waals surface area (Å²) in [7, 11) is 1.23. The van der Waals surface area contributed by atoms with Gasteiger partial charge in [0.05, 0.1) is 11.7 Å². The molecule has 4 rings (SSSR count). The summed E-state index contributed by atoms with van der Waals surface area (Å²) in [6, 6.07) is 2.33. The van der Waals surface area contributed by atoms with Crippen molar-refractivity contribution in [2.24, 2.45) is 5.16 Å². The standard InChI is InChI=1S/C21H19N7O7S2/c1-35-26-14(13-8-37-21(24-13)23-10-30)17(31)25-15-18(32)28-16(20(33)34)11(7-36-19(15)28)5-27-4-2-3-12(6-27)22-9-29/h2-4,6,8-10,15,19H,5,7H2,1H3,(H3-,22,23,24,25,29,30,31,33,34)/t15?,19-/m1/s1. The highest BCUT2D eigenvalue weighted by atomic mass is 32.2. The van der Waals surface area contributed by atoms with Gasteiger partial charge in [0, 0.05) is 22.8 Å². The molecule has 4 heterocycles. The number of carboxylic acid groups (broad SMARTS) is 1. The van der Waals surface area contributed by atoms with Gasteiger partial charge in [-0.1, -0.05) is 5.16 Å². The second kappa shape index (κ2) is 11.2. The average Bonchev–Trinajstić information content (AvgIpc) is 3.34. The molecule has 37 heavy (non-hydrogen) atoms. The van der Waals surface area contributed by atoms with Crippen LogP contribution in [-0.2, 0) is 35.4 Å². The maximum absolute atomic E-state index is 13.0. The Labute approximate surface area is 217 Å². The van der Waals surface area contributed by atoms with Crippen LogP contribution in [0.3, 0.4) is 0 Å². The van der Waals surface area contributed by atoms with Crippen LogP contribution in [0.2, 0.25) is 0 Å². The molecule has 0 saturated carbocycles. The number of thiazole rings is 1. The molecule has 0 aromatic carbocycles. The predicted molar refractivity (Wildman–Crippen MR) is 129 cm³/mol. The van der Waals surface area contributed by atoms with Crippen molar-refractivity contribution in [3.05, 3.63) is 46.9 Å². The van der Waals surface area contributed by atoms with E-state index in [9.17, 15) is 29.1 Å². The molecule has 2 aliphatic rings. The topological polar surface area (TPSA) is 186 Å². The quantitative estimate of drug-likeness (QED) is 0.0946. The number of rotatable bonds is 11. The molecule has 1 unspecified atom stereocenters. The molecule has 0 radical (unpaired) electrons. The number of β-lactam (4-membered cyclic amide) rings is 1. The van der Waals surface area contributed by atoms with Gasteiger partial charge in [-0.15, -0.1) is 23.1 Å². The van der Waals surface area contributed by atoms with Crippen LogP contribution in [-0.4, -0.2) is 70.5 Å². The molecule has 3 N–H and O–H groups in total. The van der Waals surface area contributed by atoms with Gasteiger partial charge in [-0.3, -0.25) is 24.1 Å². The zero-order chi connectivity index (χ0) is 26.5. The molecule has 2 aliphatic heterocycles. The van der Waals surface area contributed by atoms with E-state index in [-0.39, 0.29) is 34.5 Å². The monoisotopic (exact) mass is 545 g/mol. The number of nitrogens with one attached hydrogen (secondary N) is 3. The number of thioether (sulfide) groups is 1. The van der Waals surface area contributed by atoms with E-state index >= 15 is 0 Å². The third kappa shape index (κ3) is 5.29. The summed E-state index contributed by atoms with van der Waals surface area (Å²) in [6.45, 7) is 0.143. The summed E-state index contributed by atoms with van der Waals surface area (Å²) in [5, 5.41) is 24.2. The summed E-state index contributed by atoms with van der Waals surface area (Å²) >= 11 is 2.34. The van der Waals surface area contributed by atoms with Crippen molar-refractivity contribution in [3.8, 4) is 0 Å². The lowest BCUT2D eigenvalue weighted by molar-refractivity contribution is -0.688. The molecular formula is C21H19N7O7S2. The number of nitrogens with zero attached hydrogens (tertiary/aromatic N) is 4. The Morgan fingerprint density at radius 3 is 2.84 bits per heavy atom. The van der Waals surface area contributed by atoms with E-state index in [0.29, 0.717) is 24.1 Å². The zero-order valence-corrected chi connectivity index (χ0v) is 20.7. The van der Waals surface area contributed by atoms with Gasteiger partial charge in [-0.25, -0.2) is 4.98 Å². The zero-order valence-electron chi connectivity index (χ0n) is 19.1. The molecule has 14 nitrogen and oxygen atoms in total. The molecule has 192 valence electrons. The van der Waals surface area contributed by atoms with Gasteiger partial charge in [0.25, 0.3) is 11.8 Å². The van der Waals surface area contributed by atoms with E-state index in [1.165, 1.54) is 24.3 Å². The van der Waals surface area contributed by atoms with Crippen LogP contribution >= 0.6 is 23.1 Å². The largest absolute Gasteiger partial charge is 0.543 e. The molecule has 2 aromatic rings. The van der Waals surface area contributed by atoms with Gasteiger partial charge in [0.15, 0.2) is 29.8 Å². The van der Waals surface area contributed by atoms with Gasteiger partial charge < -0.3 is 30.7 Å². The lowest BCUT2D eigenvalue weighted by atomic mass is 10.0. The first-order chi connectivity index (χ1) is 17.9. The number of anilines is 2. The number of oxime groups is 1. The van der Waals surface area contributed by atoms with Gasteiger partial charge in [0.1, 0.15) is 29.9 Å². The Morgan fingerprint density at radius 1 is 1.35 bits per heavy atom. The van der Waals surface area contributed by atoms with E-state index in [0.717, 1.165) is 16.2 Å². The van der Waals surface area contributed by atoms with E-state index < -0.39 is 29.2 Å². The first-order valence-corrected chi connectivity index (χ1v) is 12.5. The number of fused-ring (bicyclic) bond motifs is 1. The van der Waals surface area contributed by atoms with Crippen molar-refractivity contribution in [3.63, 3.8) is 0 Å². The Morgan fingerprint density at radius 2 is 2.14 bits per heavy atom. The lowest BCUT2D eigenvalue weighted by Gasteiger charge is -2.50. The second-order valence-corrected chi connectivity index (χ2v) is 9.51. The van der Waals surface area contributed by atoms with Crippen molar-refractivity contribution in [1.29, 1.82) is 0 Å². The number of carboxylic acids is 1. The van der Waals surface area contributed by atoms with E-state index in [1.54, 1.807) is 29.1 Å². The van der Waals surface area contributed by atoms with Gasteiger partial charge in [0.2, 0.25) is 12.8 Å². The fraction of sp³-hybridized carbons (Fsp3) is 0.238. The van der Waals surface area contributed by atoms with Crippen LogP contribution in [0, 0.1) is 0 Å². The number of carbonyl (C=O) groups is 5. The maximum Gasteiger partial charge on any atom is 0.276 e. The Bertz CT molecular complexity index is 1330. The van der Waals surface area contributed by atoms with Crippen LogP contribution in [0.25, 0.3) is 0 Å². The van der Waals surface area contributed by atoms with Gasteiger partial charge in [-0.2, -0.15) is 4.57 Å².